The Morgan fingerprint density at radius 1 is 1.16 bits per heavy atom. The Morgan fingerprint density at radius 2 is 1.81 bits per heavy atom. The number of anilines is 2. The maximum Gasteiger partial charge on any atom is 0.446 e. The van der Waals surface area contributed by atoms with Crippen LogP contribution in [0, 0.1) is 0 Å². The molecule has 1 fully saturated rings. The number of nitrogens with zero attached hydrogens (tertiary/aromatic N) is 3. The van der Waals surface area contributed by atoms with Crippen molar-refractivity contribution in [3.8, 4) is 0 Å². The van der Waals surface area contributed by atoms with E-state index in [1.807, 2.05) is 0 Å². The van der Waals surface area contributed by atoms with Gasteiger partial charge in [-0.05, 0) is 60.6 Å². The van der Waals surface area contributed by atoms with Crippen LogP contribution in [0.4, 0.5) is 29.5 Å². The first kappa shape index (κ1) is 23.8. The summed E-state index contributed by atoms with van der Waals surface area (Å²) >= 11 is -0.295. The Balaban J connectivity index is 1.78. The topological polar surface area (TPSA) is 112 Å². The van der Waals surface area contributed by atoms with Gasteiger partial charge in [-0.15, -0.1) is 0 Å². The fourth-order valence-corrected chi connectivity index (χ4v) is 3.99. The minimum absolute atomic E-state index is 0.0128. The summed E-state index contributed by atoms with van der Waals surface area (Å²) in [5, 5.41) is 0. The zero-order chi connectivity index (χ0) is 23.7. The molecule has 172 valence electrons. The lowest BCUT2D eigenvalue weighted by atomic mass is 10.2. The molecule has 0 saturated carbocycles. The molecule has 2 heterocycles. The number of nitrogens with one attached hydrogen (secondary N) is 2. The smallest absolute Gasteiger partial charge is 0.308 e. The van der Waals surface area contributed by atoms with Crippen molar-refractivity contribution in [2.75, 3.05) is 16.7 Å². The highest BCUT2D eigenvalue weighted by molar-refractivity contribution is 8.00. The first-order chi connectivity index (χ1) is 14.9. The zero-order valence-electron chi connectivity index (χ0n) is 16.8. The van der Waals surface area contributed by atoms with Crippen LogP contribution in [0.5, 0.6) is 0 Å². The number of amides is 3. The third-order valence-corrected chi connectivity index (χ3v) is 6.25. The van der Waals surface area contributed by atoms with Crippen LogP contribution < -0.4 is 14.3 Å². The van der Waals surface area contributed by atoms with Crippen molar-refractivity contribution in [3.63, 3.8) is 0 Å². The van der Waals surface area contributed by atoms with E-state index in [-0.39, 0.29) is 34.7 Å². The normalized spacial score (nSPS) is 17.2. The molecule has 1 aromatic heterocycles. The third kappa shape index (κ3) is 5.49. The molecular weight excluding hydrogens is 471 g/mol. The summed E-state index contributed by atoms with van der Waals surface area (Å²) < 4.78 is 65.1. The second-order valence-corrected chi connectivity index (χ2v) is 9.42. The second-order valence-electron chi connectivity index (χ2n) is 6.66. The van der Waals surface area contributed by atoms with Crippen molar-refractivity contribution in [2.45, 2.75) is 29.9 Å². The van der Waals surface area contributed by atoms with Gasteiger partial charge in [-0.2, -0.15) is 21.6 Å². The number of aromatic nitrogens is 1. The average molecular weight is 490 g/mol. The van der Waals surface area contributed by atoms with Gasteiger partial charge < -0.3 is 4.90 Å². The summed E-state index contributed by atoms with van der Waals surface area (Å²) in [5.41, 5.74) is -3.78. The van der Waals surface area contributed by atoms with Crippen LogP contribution in [0.15, 0.2) is 47.5 Å². The molecule has 1 unspecified atom stereocenters. The van der Waals surface area contributed by atoms with Gasteiger partial charge in [0, 0.05) is 24.7 Å². The molecule has 2 N–H and O–H groups in total. The number of carbonyl (C=O) groups is 2. The van der Waals surface area contributed by atoms with Gasteiger partial charge in [-0.25, -0.2) is 19.4 Å². The predicted molar refractivity (Wildman–Crippen MR) is 112 cm³/mol. The number of halogens is 3. The highest BCUT2D eigenvalue weighted by atomic mass is 32.2. The molecule has 32 heavy (non-hydrogen) atoms. The van der Waals surface area contributed by atoms with Crippen LogP contribution in [-0.2, 0) is 21.5 Å². The number of benzene rings is 1. The largest absolute Gasteiger partial charge is 0.446 e. The second kappa shape index (κ2) is 8.96. The standard InChI is InChI=1S/C18H18F3N5O4S2/c1-11-16(27)26(13-3-5-14(6-4-13)31-18(19,20)21)17(28)25(11)10-12-7-8-23-15(9-12)24-32(29,30)22-2/h3-9,11,22H,10H2,1-2H3,(H,23,24). The maximum atomic E-state index is 12.9. The highest BCUT2D eigenvalue weighted by Gasteiger charge is 2.43. The molecule has 1 aliphatic heterocycles. The molecule has 2 aromatic rings. The van der Waals surface area contributed by atoms with Crippen LogP contribution >= 0.6 is 11.8 Å². The van der Waals surface area contributed by atoms with E-state index in [1.54, 1.807) is 6.07 Å². The number of rotatable bonds is 7. The fourth-order valence-electron chi connectivity index (χ4n) is 2.96. The first-order valence-electron chi connectivity index (χ1n) is 9.07. The van der Waals surface area contributed by atoms with Gasteiger partial charge in [-0.1, -0.05) is 0 Å². The van der Waals surface area contributed by atoms with Crippen molar-refractivity contribution < 1.29 is 31.2 Å². The molecule has 1 aliphatic rings. The predicted octanol–water partition coefficient (Wildman–Crippen LogP) is 2.93. The summed E-state index contributed by atoms with van der Waals surface area (Å²) in [7, 11) is -2.56. The lowest BCUT2D eigenvalue weighted by Gasteiger charge is -2.20. The molecule has 3 rings (SSSR count). The molecule has 0 bridgehead atoms. The average Bonchev–Trinajstić information content (AvgIpc) is 2.91. The van der Waals surface area contributed by atoms with Crippen LogP contribution in [0.2, 0.25) is 0 Å². The first-order valence-corrected chi connectivity index (χ1v) is 11.4. The molecule has 0 aliphatic carbocycles. The number of carbonyl (C=O) groups excluding carboxylic acids is 2. The molecule has 0 radical (unpaired) electrons. The van der Waals surface area contributed by atoms with Gasteiger partial charge in [0.2, 0.25) is 0 Å². The fraction of sp³-hybridized carbons (Fsp3) is 0.278. The number of pyridine rings is 1. The van der Waals surface area contributed by atoms with Crippen molar-refractivity contribution in [2.24, 2.45) is 0 Å². The minimum Gasteiger partial charge on any atom is -0.308 e. The summed E-state index contributed by atoms with van der Waals surface area (Å²) in [6, 6.07) is 6.42. The Kier molecular flexibility index (Phi) is 6.67. The Hall–Kier alpha value is -2.84. The monoisotopic (exact) mass is 489 g/mol. The van der Waals surface area contributed by atoms with Crippen LogP contribution in [-0.4, -0.2) is 48.8 Å². The Labute approximate surface area is 186 Å². The summed E-state index contributed by atoms with van der Waals surface area (Å²) in [4.78, 5) is 31.6. The molecule has 0 spiro atoms. The van der Waals surface area contributed by atoms with Crippen LogP contribution in [0.3, 0.4) is 0 Å². The molecule has 1 saturated heterocycles. The summed E-state index contributed by atoms with van der Waals surface area (Å²) in [5.74, 6) is -0.506. The van der Waals surface area contributed by atoms with E-state index in [4.69, 9.17) is 0 Å². The van der Waals surface area contributed by atoms with Gasteiger partial charge in [0.15, 0.2) is 0 Å². The number of imide groups is 1. The van der Waals surface area contributed by atoms with Crippen molar-refractivity contribution >= 4 is 45.4 Å². The lowest BCUT2D eigenvalue weighted by Crippen LogP contribution is -2.33. The van der Waals surface area contributed by atoms with Crippen LogP contribution in [0.25, 0.3) is 0 Å². The maximum absolute atomic E-state index is 12.9. The van der Waals surface area contributed by atoms with E-state index in [1.165, 1.54) is 55.4 Å². The van der Waals surface area contributed by atoms with Gasteiger partial charge in [0.1, 0.15) is 11.9 Å². The van der Waals surface area contributed by atoms with Crippen LogP contribution in [0.1, 0.15) is 12.5 Å². The minimum atomic E-state index is -4.45. The van der Waals surface area contributed by atoms with Crippen molar-refractivity contribution in [1.29, 1.82) is 0 Å². The molecule has 1 aromatic carbocycles. The SMILES string of the molecule is CNS(=O)(=O)Nc1cc(CN2C(=O)N(c3ccc(SC(F)(F)F)cc3)C(=O)C2C)ccn1. The van der Waals surface area contributed by atoms with E-state index >= 15 is 0 Å². The third-order valence-electron chi connectivity index (χ3n) is 4.50. The van der Waals surface area contributed by atoms with Gasteiger partial charge in [0.05, 0.1) is 5.69 Å². The Morgan fingerprint density at radius 3 is 2.41 bits per heavy atom. The van der Waals surface area contributed by atoms with Crippen molar-refractivity contribution in [3.05, 3.63) is 48.2 Å². The lowest BCUT2D eigenvalue weighted by molar-refractivity contribution is -0.119. The number of urea groups is 1. The number of alkyl halides is 3. The molecule has 14 heteroatoms. The molecule has 9 nitrogen and oxygen atoms in total. The van der Waals surface area contributed by atoms with E-state index in [0.29, 0.717) is 5.56 Å². The number of hydrogen-bond donors (Lipinski definition) is 2. The summed E-state index contributed by atoms with van der Waals surface area (Å²) in [6.45, 7) is 1.51. The Bertz CT molecular complexity index is 1130. The van der Waals surface area contributed by atoms with Gasteiger partial charge >= 0.3 is 11.5 Å². The molecular formula is C18H18F3N5O4S2. The molecule has 1 atom stereocenters. The summed E-state index contributed by atoms with van der Waals surface area (Å²) in [6.07, 6.45) is 1.35. The zero-order valence-corrected chi connectivity index (χ0v) is 18.4. The van der Waals surface area contributed by atoms with Gasteiger partial charge in [-0.3, -0.25) is 9.52 Å². The van der Waals surface area contributed by atoms with Crippen molar-refractivity contribution in [1.82, 2.24) is 14.6 Å². The highest BCUT2D eigenvalue weighted by Crippen LogP contribution is 2.38. The van der Waals surface area contributed by atoms with E-state index in [9.17, 15) is 31.2 Å². The number of hydrogen-bond acceptors (Lipinski definition) is 6. The van der Waals surface area contributed by atoms with E-state index in [2.05, 4.69) is 14.4 Å². The quantitative estimate of drug-likeness (QED) is 0.457. The van der Waals surface area contributed by atoms with E-state index < -0.39 is 33.7 Å². The molecule has 3 amide bonds. The van der Waals surface area contributed by atoms with Gasteiger partial charge in [0.25, 0.3) is 16.1 Å². The number of thioether (sulfide) groups is 1. The van der Waals surface area contributed by atoms with E-state index in [0.717, 1.165) is 4.90 Å².